The Labute approximate surface area is 155 Å². The number of piperidine rings is 1. The Morgan fingerprint density at radius 3 is 2.54 bits per heavy atom. The van der Waals surface area contributed by atoms with E-state index < -0.39 is 0 Å². The summed E-state index contributed by atoms with van der Waals surface area (Å²) in [4.78, 5) is 14.5. The molecule has 0 atom stereocenters. The summed E-state index contributed by atoms with van der Waals surface area (Å²) in [6, 6.07) is 8.60. The molecule has 1 amide bonds. The molecule has 138 valence electrons. The Morgan fingerprint density at radius 2 is 1.85 bits per heavy atom. The molecule has 4 heteroatoms. The largest absolute Gasteiger partial charge is 0.490 e. The van der Waals surface area contributed by atoms with Gasteiger partial charge in [-0.15, -0.1) is 0 Å². The van der Waals surface area contributed by atoms with Crippen molar-refractivity contribution >= 4 is 16.8 Å². The van der Waals surface area contributed by atoms with Crippen molar-refractivity contribution in [3.63, 3.8) is 0 Å². The van der Waals surface area contributed by atoms with Gasteiger partial charge < -0.3 is 14.2 Å². The first-order chi connectivity index (χ1) is 12.8. The molecule has 26 heavy (non-hydrogen) atoms. The van der Waals surface area contributed by atoms with E-state index in [0.717, 1.165) is 57.0 Å². The minimum atomic E-state index is 0.220. The summed E-state index contributed by atoms with van der Waals surface area (Å²) in [5, 5.41) is 1.22. The molecule has 3 aliphatic rings. The van der Waals surface area contributed by atoms with Gasteiger partial charge in [-0.05, 0) is 49.8 Å². The first kappa shape index (κ1) is 16.2. The van der Waals surface area contributed by atoms with Crippen molar-refractivity contribution in [2.24, 2.45) is 11.8 Å². The van der Waals surface area contributed by atoms with Gasteiger partial charge in [-0.1, -0.05) is 12.5 Å². The molecular formula is C22H28N2O2. The number of rotatable bonds is 5. The van der Waals surface area contributed by atoms with Crippen molar-refractivity contribution in [3.8, 4) is 5.75 Å². The van der Waals surface area contributed by atoms with Crippen LogP contribution in [0.2, 0.25) is 0 Å². The zero-order chi connectivity index (χ0) is 17.5. The summed E-state index contributed by atoms with van der Waals surface area (Å²) in [5.41, 5.74) is 1.28. The molecule has 4 nitrogen and oxygen atoms in total. The molecule has 0 radical (unpaired) electrons. The van der Waals surface area contributed by atoms with Gasteiger partial charge in [-0.25, -0.2) is 0 Å². The lowest BCUT2D eigenvalue weighted by Crippen LogP contribution is -2.45. The molecule has 3 fully saturated rings. The summed E-state index contributed by atoms with van der Waals surface area (Å²) in [6.07, 6.45) is 10.5. The van der Waals surface area contributed by atoms with Crippen LogP contribution >= 0.6 is 0 Å². The van der Waals surface area contributed by atoms with Gasteiger partial charge in [0, 0.05) is 50.0 Å². The summed E-state index contributed by atoms with van der Waals surface area (Å²) in [5.74, 6) is 2.56. The highest BCUT2D eigenvalue weighted by molar-refractivity contribution is 5.86. The number of aromatic nitrogens is 1. The molecule has 0 N–H and O–H groups in total. The number of carbonyl (C=O) groups is 1. The molecule has 2 saturated carbocycles. The normalized spacial score (nSPS) is 21.8. The fraction of sp³-hybridized carbons (Fsp3) is 0.591. The lowest BCUT2D eigenvalue weighted by Gasteiger charge is -2.36. The van der Waals surface area contributed by atoms with Gasteiger partial charge >= 0.3 is 0 Å². The van der Waals surface area contributed by atoms with Gasteiger partial charge in [0.15, 0.2) is 0 Å². The van der Waals surface area contributed by atoms with Crippen LogP contribution in [-0.2, 0) is 11.3 Å². The van der Waals surface area contributed by atoms with Crippen LogP contribution in [0.4, 0.5) is 0 Å². The van der Waals surface area contributed by atoms with Crippen LogP contribution < -0.4 is 4.74 Å². The molecule has 5 rings (SSSR count). The molecular weight excluding hydrogens is 324 g/mol. The maximum absolute atomic E-state index is 12.4. The van der Waals surface area contributed by atoms with Crippen molar-refractivity contribution in [2.75, 3.05) is 13.1 Å². The molecule has 1 saturated heterocycles. The third-order valence-electron chi connectivity index (χ3n) is 6.43. The van der Waals surface area contributed by atoms with E-state index in [-0.39, 0.29) is 6.10 Å². The minimum Gasteiger partial charge on any atom is -0.490 e. The molecule has 1 aromatic carbocycles. The molecule has 2 heterocycles. The van der Waals surface area contributed by atoms with Crippen LogP contribution in [0.5, 0.6) is 5.75 Å². The van der Waals surface area contributed by atoms with E-state index >= 15 is 0 Å². The maximum Gasteiger partial charge on any atom is 0.225 e. The number of ether oxygens (including phenoxy) is 1. The Balaban J connectivity index is 1.24. The third-order valence-corrected chi connectivity index (χ3v) is 6.43. The van der Waals surface area contributed by atoms with Gasteiger partial charge in [0.2, 0.25) is 5.91 Å². The highest BCUT2D eigenvalue weighted by Gasteiger charge is 2.32. The van der Waals surface area contributed by atoms with E-state index in [1.807, 2.05) is 0 Å². The first-order valence-electron chi connectivity index (χ1n) is 10.3. The van der Waals surface area contributed by atoms with Crippen LogP contribution in [-0.4, -0.2) is 34.6 Å². The van der Waals surface area contributed by atoms with E-state index in [2.05, 4.69) is 39.9 Å². The van der Waals surface area contributed by atoms with E-state index in [9.17, 15) is 4.79 Å². The van der Waals surface area contributed by atoms with Crippen LogP contribution in [0.25, 0.3) is 10.9 Å². The van der Waals surface area contributed by atoms with Crippen molar-refractivity contribution in [2.45, 2.75) is 57.6 Å². The molecule has 2 aliphatic carbocycles. The third kappa shape index (κ3) is 3.10. The SMILES string of the molecule is O=C(C1CCC1)N1CCC(Oc2cccc3c2ccn3CC2CC2)CC1. The number of fused-ring (bicyclic) bond motifs is 1. The van der Waals surface area contributed by atoms with E-state index in [1.54, 1.807) is 0 Å². The molecule has 0 spiro atoms. The van der Waals surface area contributed by atoms with Gasteiger partial charge in [0.1, 0.15) is 11.9 Å². The number of nitrogens with zero attached hydrogens (tertiary/aromatic N) is 2. The quantitative estimate of drug-likeness (QED) is 0.807. The summed E-state index contributed by atoms with van der Waals surface area (Å²) >= 11 is 0. The second-order valence-electron chi connectivity index (χ2n) is 8.37. The highest BCUT2D eigenvalue weighted by Crippen LogP contribution is 2.35. The number of benzene rings is 1. The predicted molar refractivity (Wildman–Crippen MR) is 102 cm³/mol. The van der Waals surface area contributed by atoms with E-state index in [4.69, 9.17) is 4.74 Å². The Kier molecular flexibility index (Phi) is 4.14. The fourth-order valence-corrected chi connectivity index (χ4v) is 4.32. The summed E-state index contributed by atoms with van der Waals surface area (Å²) in [6.45, 7) is 2.83. The fourth-order valence-electron chi connectivity index (χ4n) is 4.32. The average Bonchev–Trinajstić information content (AvgIpc) is 3.33. The van der Waals surface area contributed by atoms with Gasteiger partial charge in [0.25, 0.3) is 0 Å². The highest BCUT2D eigenvalue weighted by atomic mass is 16.5. The van der Waals surface area contributed by atoms with Gasteiger partial charge in [0.05, 0.1) is 5.52 Å². The predicted octanol–water partition coefficient (Wildman–Crippen LogP) is 4.22. The smallest absolute Gasteiger partial charge is 0.225 e. The average molecular weight is 352 g/mol. The molecule has 0 unspecified atom stereocenters. The Bertz CT molecular complexity index is 796. The molecule has 1 aliphatic heterocycles. The summed E-state index contributed by atoms with van der Waals surface area (Å²) < 4.78 is 8.75. The number of hydrogen-bond acceptors (Lipinski definition) is 2. The zero-order valence-electron chi connectivity index (χ0n) is 15.4. The summed E-state index contributed by atoms with van der Waals surface area (Å²) in [7, 11) is 0. The Morgan fingerprint density at radius 1 is 1.04 bits per heavy atom. The zero-order valence-corrected chi connectivity index (χ0v) is 15.4. The number of amides is 1. The molecule has 1 aromatic heterocycles. The maximum atomic E-state index is 12.4. The molecule has 2 aromatic rings. The topological polar surface area (TPSA) is 34.5 Å². The number of likely N-dealkylation sites (tertiary alicyclic amines) is 1. The van der Waals surface area contributed by atoms with Gasteiger partial charge in [-0.3, -0.25) is 4.79 Å². The standard InChI is InChI=1S/C22H28N2O2/c25-22(17-3-1-4-17)23-12-9-18(10-13-23)26-21-6-2-5-20-19(21)11-14-24(20)15-16-7-8-16/h2,5-6,11,14,16-18H,1,3-4,7-10,12-13,15H2. The van der Waals surface area contributed by atoms with E-state index in [1.165, 1.54) is 30.2 Å². The lowest BCUT2D eigenvalue weighted by molar-refractivity contribution is -0.140. The van der Waals surface area contributed by atoms with Crippen LogP contribution in [0.3, 0.4) is 0 Å². The first-order valence-corrected chi connectivity index (χ1v) is 10.3. The van der Waals surface area contributed by atoms with Crippen LogP contribution in [0.15, 0.2) is 30.5 Å². The lowest BCUT2D eigenvalue weighted by atomic mass is 9.84. The van der Waals surface area contributed by atoms with Gasteiger partial charge in [-0.2, -0.15) is 0 Å². The van der Waals surface area contributed by atoms with Crippen LogP contribution in [0.1, 0.15) is 44.9 Å². The van der Waals surface area contributed by atoms with Crippen molar-refractivity contribution in [1.29, 1.82) is 0 Å². The Hall–Kier alpha value is -1.97. The van der Waals surface area contributed by atoms with Crippen molar-refractivity contribution < 1.29 is 9.53 Å². The van der Waals surface area contributed by atoms with E-state index in [0.29, 0.717) is 11.8 Å². The minimum absolute atomic E-state index is 0.220. The van der Waals surface area contributed by atoms with Crippen molar-refractivity contribution in [3.05, 3.63) is 30.5 Å². The monoisotopic (exact) mass is 352 g/mol. The van der Waals surface area contributed by atoms with Crippen LogP contribution in [0, 0.1) is 11.8 Å². The van der Waals surface area contributed by atoms with Crippen molar-refractivity contribution in [1.82, 2.24) is 9.47 Å². The molecule has 0 bridgehead atoms. The second kappa shape index (κ2) is 6.64. The number of hydrogen-bond donors (Lipinski definition) is 0. The second-order valence-corrected chi connectivity index (χ2v) is 8.37. The number of carbonyl (C=O) groups excluding carboxylic acids is 1.